The Morgan fingerprint density at radius 1 is 1.26 bits per heavy atom. The van der Waals surface area contributed by atoms with Crippen molar-refractivity contribution in [2.24, 2.45) is 11.8 Å². The number of esters is 1. The SMILES string of the molecule is COC(=O)[C@@H](CC(=O)[C@H](CC(C)C)NC(=O)c1cc(CN2CCOCC2)on1)Cc1cscn1. The Balaban J connectivity index is 1.64. The molecule has 1 aliphatic heterocycles. The van der Waals surface area contributed by atoms with Crippen LogP contribution < -0.4 is 5.32 Å². The molecular formula is C23H32N4O6S. The molecule has 0 spiro atoms. The number of rotatable bonds is 12. The molecule has 34 heavy (non-hydrogen) atoms. The maximum atomic E-state index is 13.2. The normalized spacial score (nSPS) is 16.2. The van der Waals surface area contributed by atoms with Crippen molar-refractivity contribution in [3.05, 3.63) is 34.1 Å². The van der Waals surface area contributed by atoms with Gasteiger partial charge in [0.2, 0.25) is 0 Å². The van der Waals surface area contributed by atoms with Crippen LogP contribution in [0.5, 0.6) is 0 Å². The first-order valence-corrected chi connectivity index (χ1v) is 12.3. The highest BCUT2D eigenvalue weighted by Gasteiger charge is 2.30. The van der Waals surface area contributed by atoms with Crippen molar-refractivity contribution >= 4 is 29.0 Å². The summed E-state index contributed by atoms with van der Waals surface area (Å²) in [6, 6.07) is 0.843. The molecule has 1 aliphatic rings. The fraction of sp³-hybridized carbons (Fsp3) is 0.609. The fourth-order valence-corrected chi connectivity index (χ4v) is 4.40. The molecule has 0 radical (unpaired) electrons. The molecule has 0 aliphatic carbocycles. The van der Waals surface area contributed by atoms with Crippen molar-refractivity contribution in [1.82, 2.24) is 20.4 Å². The fourth-order valence-electron chi connectivity index (χ4n) is 3.83. The van der Waals surface area contributed by atoms with E-state index in [-0.39, 0.29) is 23.8 Å². The number of methoxy groups -OCH3 is 1. The number of ketones is 1. The van der Waals surface area contributed by atoms with E-state index in [0.29, 0.717) is 38.4 Å². The maximum absolute atomic E-state index is 13.2. The largest absolute Gasteiger partial charge is 0.469 e. The van der Waals surface area contributed by atoms with Gasteiger partial charge in [0.15, 0.2) is 17.2 Å². The molecule has 11 heteroatoms. The summed E-state index contributed by atoms with van der Waals surface area (Å²) < 4.78 is 15.6. The van der Waals surface area contributed by atoms with Crippen LogP contribution in [-0.2, 0) is 32.0 Å². The van der Waals surface area contributed by atoms with Crippen LogP contribution in [0.2, 0.25) is 0 Å². The Bertz CT molecular complexity index is 939. The van der Waals surface area contributed by atoms with Crippen LogP contribution in [0.15, 0.2) is 21.5 Å². The average Bonchev–Trinajstić information content (AvgIpc) is 3.50. The molecule has 1 saturated heterocycles. The predicted octanol–water partition coefficient (Wildman–Crippen LogP) is 2.10. The van der Waals surface area contributed by atoms with Gasteiger partial charge in [0, 0.05) is 37.4 Å². The van der Waals surface area contributed by atoms with Crippen LogP contribution in [0.1, 0.15) is 48.6 Å². The van der Waals surface area contributed by atoms with Gasteiger partial charge in [-0.25, -0.2) is 4.98 Å². The van der Waals surface area contributed by atoms with Gasteiger partial charge < -0.3 is 19.3 Å². The van der Waals surface area contributed by atoms with Crippen molar-refractivity contribution in [1.29, 1.82) is 0 Å². The molecule has 0 aromatic carbocycles. The second-order valence-electron chi connectivity index (χ2n) is 8.80. The number of hydrogen-bond donors (Lipinski definition) is 1. The molecule has 0 saturated carbocycles. The summed E-state index contributed by atoms with van der Waals surface area (Å²) in [6.45, 7) is 7.37. The minimum Gasteiger partial charge on any atom is -0.469 e. The molecule has 0 bridgehead atoms. The summed E-state index contributed by atoms with van der Waals surface area (Å²) in [5.74, 6) is -1.13. The molecule has 186 valence electrons. The Morgan fingerprint density at radius 3 is 2.68 bits per heavy atom. The Morgan fingerprint density at radius 2 is 2.03 bits per heavy atom. The van der Waals surface area contributed by atoms with E-state index in [1.807, 2.05) is 19.2 Å². The van der Waals surface area contributed by atoms with E-state index in [0.717, 1.165) is 18.8 Å². The van der Waals surface area contributed by atoms with Gasteiger partial charge in [0.25, 0.3) is 5.91 Å². The number of carbonyl (C=O) groups excluding carboxylic acids is 3. The zero-order valence-corrected chi connectivity index (χ0v) is 20.6. The van der Waals surface area contributed by atoms with Crippen LogP contribution >= 0.6 is 11.3 Å². The van der Waals surface area contributed by atoms with Gasteiger partial charge in [-0.05, 0) is 12.3 Å². The Labute approximate surface area is 203 Å². The number of amides is 1. The summed E-state index contributed by atoms with van der Waals surface area (Å²) in [5, 5.41) is 8.52. The lowest BCUT2D eigenvalue weighted by Crippen LogP contribution is -2.43. The monoisotopic (exact) mass is 492 g/mol. The molecule has 0 unspecified atom stereocenters. The topological polar surface area (TPSA) is 124 Å². The number of nitrogens with zero attached hydrogens (tertiary/aromatic N) is 3. The first-order valence-electron chi connectivity index (χ1n) is 11.4. The van der Waals surface area contributed by atoms with E-state index in [1.165, 1.54) is 18.4 Å². The van der Waals surface area contributed by atoms with E-state index < -0.39 is 23.8 Å². The third kappa shape index (κ3) is 7.71. The van der Waals surface area contributed by atoms with Crippen LogP contribution in [0.3, 0.4) is 0 Å². The highest BCUT2D eigenvalue weighted by molar-refractivity contribution is 7.07. The Kier molecular flexibility index (Phi) is 9.73. The molecule has 3 rings (SSSR count). The van der Waals surface area contributed by atoms with Crippen molar-refractivity contribution < 1.29 is 28.4 Å². The van der Waals surface area contributed by atoms with E-state index >= 15 is 0 Å². The van der Waals surface area contributed by atoms with Gasteiger partial charge in [0.1, 0.15) is 0 Å². The van der Waals surface area contributed by atoms with Gasteiger partial charge in [-0.3, -0.25) is 19.3 Å². The number of thiazole rings is 1. The molecule has 2 atom stereocenters. The summed E-state index contributed by atoms with van der Waals surface area (Å²) in [7, 11) is 1.30. The van der Waals surface area contributed by atoms with E-state index in [1.54, 1.807) is 11.6 Å². The first kappa shape index (κ1) is 26.0. The number of aromatic nitrogens is 2. The van der Waals surface area contributed by atoms with Gasteiger partial charge in [-0.1, -0.05) is 19.0 Å². The first-order chi connectivity index (χ1) is 16.4. The lowest BCUT2D eigenvalue weighted by atomic mass is 9.91. The number of hydrogen-bond acceptors (Lipinski definition) is 10. The standard InChI is InChI=1S/C23H32N4O6S/c1-15(2)8-19(21(28)10-16(23(30)31-3)9-17-13-34-14-24-17)25-22(29)20-11-18(33-26-20)12-27-4-6-32-7-5-27/h11,13-16,19H,4-10,12H2,1-3H3,(H,25,29)/t16-,19+/m1/s1. The molecule has 3 heterocycles. The Hall–Kier alpha value is -2.63. The van der Waals surface area contributed by atoms with Crippen molar-refractivity contribution in [2.75, 3.05) is 33.4 Å². The van der Waals surface area contributed by atoms with Crippen LogP contribution in [0.4, 0.5) is 0 Å². The summed E-state index contributed by atoms with van der Waals surface area (Å²) in [6.07, 6.45) is 0.690. The lowest BCUT2D eigenvalue weighted by molar-refractivity contribution is -0.147. The van der Waals surface area contributed by atoms with Crippen molar-refractivity contribution in [3.8, 4) is 0 Å². The molecule has 1 N–H and O–H groups in total. The predicted molar refractivity (Wildman–Crippen MR) is 124 cm³/mol. The van der Waals surface area contributed by atoms with E-state index in [9.17, 15) is 14.4 Å². The van der Waals surface area contributed by atoms with Gasteiger partial charge in [-0.15, -0.1) is 11.3 Å². The van der Waals surface area contributed by atoms with Crippen molar-refractivity contribution in [3.63, 3.8) is 0 Å². The smallest absolute Gasteiger partial charge is 0.309 e. The lowest BCUT2D eigenvalue weighted by Gasteiger charge is -2.25. The van der Waals surface area contributed by atoms with Gasteiger partial charge >= 0.3 is 5.97 Å². The number of Topliss-reactive ketones (excluding diaryl/α,β-unsaturated/α-hetero) is 1. The molecular weight excluding hydrogens is 460 g/mol. The molecule has 2 aromatic rings. The number of morpholine rings is 1. The minimum atomic E-state index is -0.755. The molecule has 1 amide bonds. The third-order valence-electron chi connectivity index (χ3n) is 5.60. The number of nitrogens with one attached hydrogen (secondary N) is 1. The van der Waals surface area contributed by atoms with Crippen LogP contribution in [0, 0.1) is 11.8 Å². The number of ether oxygens (including phenoxy) is 2. The molecule has 10 nitrogen and oxygen atoms in total. The van der Waals surface area contributed by atoms with E-state index in [4.69, 9.17) is 14.0 Å². The zero-order chi connectivity index (χ0) is 24.5. The molecule has 1 fully saturated rings. The van der Waals surface area contributed by atoms with E-state index in [2.05, 4.69) is 20.4 Å². The maximum Gasteiger partial charge on any atom is 0.309 e. The average molecular weight is 493 g/mol. The van der Waals surface area contributed by atoms with Gasteiger partial charge in [0.05, 0.1) is 50.0 Å². The highest BCUT2D eigenvalue weighted by Crippen LogP contribution is 2.18. The zero-order valence-electron chi connectivity index (χ0n) is 19.8. The summed E-state index contributed by atoms with van der Waals surface area (Å²) in [4.78, 5) is 44.7. The summed E-state index contributed by atoms with van der Waals surface area (Å²) >= 11 is 1.42. The van der Waals surface area contributed by atoms with Crippen LogP contribution in [-0.4, -0.2) is 72.2 Å². The quantitative estimate of drug-likeness (QED) is 0.444. The molecule has 2 aromatic heterocycles. The highest BCUT2D eigenvalue weighted by atomic mass is 32.1. The van der Waals surface area contributed by atoms with Crippen LogP contribution in [0.25, 0.3) is 0 Å². The summed E-state index contributed by atoms with van der Waals surface area (Å²) in [5.41, 5.74) is 2.53. The third-order valence-corrected chi connectivity index (χ3v) is 6.23. The van der Waals surface area contributed by atoms with Gasteiger partial charge in [-0.2, -0.15) is 0 Å². The second-order valence-corrected chi connectivity index (χ2v) is 9.52. The second kappa shape index (κ2) is 12.7. The number of carbonyl (C=O) groups is 3. The minimum absolute atomic E-state index is 0.0526. The van der Waals surface area contributed by atoms with Crippen molar-refractivity contribution in [2.45, 2.75) is 45.7 Å².